The Morgan fingerprint density at radius 2 is 1.92 bits per heavy atom. The molecule has 4 heteroatoms. The van der Waals surface area contributed by atoms with Gasteiger partial charge in [0.2, 0.25) is 5.91 Å². The second-order valence-corrected chi connectivity index (χ2v) is 6.12. The smallest absolute Gasteiger partial charge is 0.224 e. The van der Waals surface area contributed by atoms with E-state index in [2.05, 4.69) is 23.3 Å². The summed E-state index contributed by atoms with van der Waals surface area (Å²) >= 11 is 0. The van der Waals surface area contributed by atoms with Crippen LogP contribution >= 0.6 is 0 Å². The summed E-state index contributed by atoms with van der Waals surface area (Å²) in [4.78, 5) is 17.0. The van der Waals surface area contributed by atoms with E-state index < -0.39 is 0 Å². The minimum Gasteiger partial charge on any atom is -0.497 e. The molecule has 0 aliphatic rings. The van der Waals surface area contributed by atoms with Gasteiger partial charge in [0.1, 0.15) is 5.75 Å². The van der Waals surface area contributed by atoms with Gasteiger partial charge in [-0.25, -0.2) is 0 Å². The second kappa shape index (κ2) is 7.34. The minimum absolute atomic E-state index is 0.00824. The molecule has 3 rings (SSSR count). The number of aryl methyl sites for hydroxylation is 2. The fourth-order valence-corrected chi connectivity index (χ4v) is 3.04. The van der Waals surface area contributed by atoms with Crippen molar-refractivity contribution in [2.75, 3.05) is 7.11 Å². The minimum atomic E-state index is -0.00824. The van der Waals surface area contributed by atoms with Gasteiger partial charge >= 0.3 is 0 Å². The summed E-state index contributed by atoms with van der Waals surface area (Å²) in [6.07, 6.45) is 0.333. The fraction of sp³-hybridized carbons (Fsp3) is 0.238. The average Bonchev–Trinajstić information content (AvgIpc) is 2.63. The molecule has 3 aromatic rings. The van der Waals surface area contributed by atoms with Crippen LogP contribution < -0.4 is 10.1 Å². The van der Waals surface area contributed by atoms with Crippen LogP contribution in [0.1, 0.15) is 22.4 Å². The molecule has 0 radical (unpaired) electrons. The van der Waals surface area contributed by atoms with Crippen LogP contribution in [0.15, 0.2) is 48.5 Å². The summed E-state index contributed by atoms with van der Waals surface area (Å²) in [5.74, 6) is 0.781. The summed E-state index contributed by atoms with van der Waals surface area (Å²) < 4.78 is 5.21. The van der Waals surface area contributed by atoms with Crippen LogP contribution in [0.25, 0.3) is 10.9 Å². The normalized spacial score (nSPS) is 10.7. The largest absolute Gasteiger partial charge is 0.497 e. The fourth-order valence-electron chi connectivity index (χ4n) is 3.04. The highest BCUT2D eigenvalue weighted by Gasteiger charge is 2.12. The molecule has 4 nitrogen and oxygen atoms in total. The summed E-state index contributed by atoms with van der Waals surface area (Å²) in [5, 5.41) is 4.08. The Hall–Kier alpha value is -2.88. The van der Waals surface area contributed by atoms with Gasteiger partial charge in [-0.2, -0.15) is 0 Å². The quantitative estimate of drug-likeness (QED) is 0.774. The average molecular weight is 334 g/mol. The predicted octanol–water partition coefficient (Wildman–Crippen LogP) is 3.72. The van der Waals surface area contributed by atoms with Gasteiger partial charge in [-0.15, -0.1) is 0 Å². The van der Waals surface area contributed by atoms with Crippen LogP contribution in [0, 0.1) is 13.8 Å². The highest BCUT2D eigenvalue weighted by molar-refractivity contribution is 5.86. The maximum absolute atomic E-state index is 12.4. The molecular formula is C21H22N2O2. The summed E-state index contributed by atoms with van der Waals surface area (Å²) in [7, 11) is 1.63. The van der Waals surface area contributed by atoms with E-state index in [9.17, 15) is 4.79 Å². The number of hydrogen-bond donors (Lipinski definition) is 1. The Kier molecular flexibility index (Phi) is 4.98. The van der Waals surface area contributed by atoms with Crippen molar-refractivity contribution in [1.82, 2.24) is 10.3 Å². The van der Waals surface area contributed by atoms with Crippen LogP contribution in [-0.2, 0) is 17.8 Å². The van der Waals surface area contributed by atoms with E-state index in [4.69, 9.17) is 4.74 Å². The zero-order valence-electron chi connectivity index (χ0n) is 14.8. The Labute approximate surface area is 147 Å². The first-order valence-corrected chi connectivity index (χ1v) is 8.33. The van der Waals surface area contributed by atoms with E-state index in [0.717, 1.165) is 39.0 Å². The molecule has 0 aliphatic heterocycles. The molecule has 0 fully saturated rings. The Bertz CT molecular complexity index is 919. The van der Waals surface area contributed by atoms with Crippen LogP contribution in [0.4, 0.5) is 0 Å². The third kappa shape index (κ3) is 3.79. The standard InChI is InChI=1S/C21H22N2O2/c1-14-18-9-4-5-10-20(18)23-15(2)19(14)12-21(24)22-13-16-7-6-8-17(11-16)25-3/h4-11H,12-13H2,1-3H3,(H,22,24). The number of para-hydroxylation sites is 1. The van der Waals surface area contributed by atoms with Crippen LogP contribution in [-0.4, -0.2) is 18.0 Å². The van der Waals surface area contributed by atoms with Crippen LogP contribution in [0.5, 0.6) is 5.75 Å². The van der Waals surface area contributed by atoms with Gasteiger partial charge in [0, 0.05) is 17.6 Å². The maximum atomic E-state index is 12.4. The van der Waals surface area contributed by atoms with Crippen molar-refractivity contribution in [1.29, 1.82) is 0 Å². The number of carbonyl (C=O) groups excluding carboxylic acids is 1. The number of carbonyl (C=O) groups is 1. The molecule has 0 spiro atoms. The topological polar surface area (TPSA) is 51.2 Å². The van der Waals surface area contributed by atoms with Crippen molar-refractivity contribution < 1.29 is 9.53 Å². The number of rotatable bonds is 5. The molecule has 0 bridgehead atoms. The van der Waals surface area contributed by atoms with Crippen LogP contribution in [0.2, 0.25) is 0 Å². The van der Waals surface area contributed by atoms with Gasteiger partial charge in [-0.1, -0.05) is 30.3 Å². The zero-order chi connectivity index (χ0) is 17.8. The molecule has 128 valence electrons. The van der Waals surface area contributed by atoms with Crippen molar-refractivity contribution in [2.24, 2.45) is 0 Å². The molecule has 1 aromatic heterocycles. The Morgan fingerprint density at radius 1 is 1.12 bits per heavy atom. The number of pyridine rings is 1. The number of nitrogens with one attached hydrogen (secondary N) is 1. The Balaban J connectivity index is 1.73. The van der Waals surface area contributed by atoms with Crippen molar-refractivity contribution >= 4 is 16.8 Å². The molecule has 0 atom stereocenters. The first-order valence-electron chi connectivity index (χ1n) is 8.33. The second-order valence-electron chi connectivity index (χ2n) is 6.12. The van der Waals surface area contributed by atoms with E-state index in [0.29, 0.717) is 13.0 Å². The molecular weight excluding hydrogens is 312 g/mol. The number of aromatic nitrogens is 1. The zero-order valence-corrected chi connectivity index (χ0v) is 14.8. The van der Waals surface area contributed by atoms with E-state index >= 15 is 0 Å². The Morgan fingerprint density at radius 3 is 2.72 bits per heavy atom. The highest BCUT2D eigenvalue weighted by atomic mass is 16.5. The first kappa shape index (κ1) is 17.0. The van der Waals surface area contributed by atoms with E-state index in [-0.39, 0.29) is 5.91 Å². The molecule has 0 saturated carbocycles. The van der Waals surface area contributed by atoms with Gasteiger partial charge < -0.3 is 10.1 Å². The van der Waals surface area contributed by atoms with E-state index in [1.165, 1.54) is 0 Å². The highest BCUT2D eigenvalue weighted by Crippen LogP contribution is 2.23. The molecule has 0 unspecified atom stereocenters. The molecule has 0 saturated heterocycles. The predicted molar refractivity (Wildman–Crippen MR) is 99.8 cm³/mol. The number of hydrogen-bond acceptors (Lipinski definition) is 3. The SMILES string of the molecule is COc1cccc(CNC(=O)Cc2c(C)nc3ccccc3c2C)c1. The van der Waals surface area contributed by atoms with Gasteiger partial charge in [0.15, 0.2) is 0 Å². The van der Waals surface area contributed by atoms with E-state index in [1.807, 2.05) is 49.4 Å². The summed E-state index contributed by atoms with van der Waals surface area (Å²) in [6.45, 7) is 4.50. The maximum Gasteiger partial charge on any atom is 0.224 e. The molecule has 1 N–H and O–H groups in total. The number of ether oxygens (including phenoxy) is 1. The van der Waals surface area contributed by atoms with Crippen molar-refractivity contribution in [3.05, 3.63) is 70.9 Å². The number of nitrogens with zero attached hydrogens (tertiary/aromatic N) is 1. The lowest BCUT2D eigenvalue weighted by Gasteiger charge is -2.13. The molecule has 1 heterocycles. The molecule has 25 heavy (non-hydrogen) atoms. The first-order chi connectivity index (χ1) is 12.1. The van der Waals surface area contributed by atoms with E-state index in [1.54, 1.807) is 7.11 Å². The van der Waals surface area contributed by atoms with Gasteiger partial charge in [-0.05, 0) is 48.7 Å². The summed E-state index contributed by atoms with van der Waals surface area (Å²) in [5.41, 5.74) is 5.02. The van der Waals surface area contributed by atoms with Gasteiger partial charge in [0.05, 0.1) is 19.0 Å². The molecule has 0 aliphatic carbocycles. The lowest BCUT2D eigenvalue weighted by atomic mass is 9.99. The number of methoxy groups -OCH3 is 1. The van der Waals surface area contributed by atoms with Crippen LogP contribution in [0.3, 0.4) is 0 Å². The molecule has 2 aromatic carbocycles. The van der Waals surface area contributed by atoms with Gasteiger partial charge in [-0.3, -0.25) is 9.78 Å². The van der Waals surface area contributed by atoms with Crippen molar-refractivity contribution in [3.8, 4) is 5.75 Å². The summed E-state index contributed by atoms with van der Waals surface area (Å²) in [6, 6.07) is 15.7. The number of benzene rings is 2. The third-order valence-corrected chi connectivity index (χ3v) is 4.45. The number of amides is 1. The lowest BCUT2D eigenvalue weighted by molar-refractivity contribution is -0.120. The monoisotopic (exact) mass is 334 g/mol. The van der Waals surface area contributed by atoms with Crippen molar-refractivity contribution in [3.63, 3.8) is 0 Å². The third-order valence-electron chi connectivity index (χ3n) is 4.45. The van der Waals surface area contributed by atoms with Crippen molar-refractivity contribution in [2.45, 2.75) is 26.8 Å². The number of fused-ring (bicyclic) bond motifs is 1. The molecule has 1 amide bonds. The lowest BCUT2D eigenvalue weighted by Crippen LogP contribution is -2.25. The van der Waals surface area contributed by atoms with Gasteiger partial charge in [0.25, 0.3) is 0 Å².